The minimum atomic E-state index is -0.890. The van der Waals surface area contributed by atoms with Crippen molar-refractivity contribution in [3.63, 3.8) is 0 Å². The van der Waals surface area contributed by atoms with Crippen molar-refractivity contribution in [1.82, 2.24) is 15.9 Å². The number of carbonyl (C=O) groups is 1. The molecule has 30 heavy (non-hydrogen) atoms. The van der Waals surface area contributed by atoms with Gasteiger partial charge in [-0.1, -0.05) is 18.2 Å². The van der Waals surface area contributed by atoms with Gasteiger partial charge in [-0.3, -0.25) is 15.6 Å². The lowest BCUT2D eigenvalue weighted by atomic mass is 10.1. The molecule has 3 rings (SSSR count). The quantitative estimate of drug-likeness (QED) is 0.276. The normalized spacial score (nSPS) is 18.1. The molecule has 1 aromatic carbocycles. The standard InChI is InChI=1S/C18H16N7O3S2/c1-11-15(22-21-13-7-9-14(10-8-13)25(27)28)16(26)24(18(30)19-11)23-17(29)20-12-5-3-2-4-6-12/h2-10,15,22H,1H3,(H2-,20,21,23,27,28,29)/q-1. The third kappa shape index (κ3) is 5.04. The number of para-hydroxylation sites is 1. The number of allylic oxidation sites excluding steroid dienone is 4. The molecule has 1 unspecified atom stereocenters. The number of hydrazone groups is 1. The van der Waals surface area contributed by atoms with Crippen LogP contribution in [-0.2, 0) is 4.79 Å². The van der Waals surface area contributed by atoms with Crippen LogP contribution in [0.2, 0.25) is 0 Å². The second-order valence-corrected chi connectivity index (χ2v) is 6.86. The smallest absolute Gasteiger partial charge is 0.277 e. The van der Waals surface area contributed by atoms with E-state index in [1.165, 1.54) is 24.3 Å². The highest BCUT2D eigenvalue weighted by Crippen LogP contribution is 2.09. The fourth-order valence-corrected chi connectivity index (χ4v) is 2.98. The maximum atomic E-state index is 12.9. The van der Waals surface area contributed by atoms with Crippen molar-refractivity contribution < 1.29 is 9.70 Å². The Labute approximate surface area is 182 Å². The van der Waals surface area contributed by atoms with Crippen molar-refractivity contribution in [2.75, 3.05) is 5.32 Å². The van der Waals surface area contributed by atoms with Gasteiger partial charge in [0, 0.05) is 17.8 Å². The number of nitrogens with zero attached hydrogens (tertiary/aromatic N) is 4. The van der Waals surface area contributed by atoms with E-state index in [9.17, 15) is 15.2 Å². The summed E-state index contributed by atoms with van der Waals surface area (Å²) in [6.07, 6.45) is 5.57. The number of hydrogen-bond acceptors (Lipinski definition) is 7. The van der Waals surface area contributed by atoms with Crippen LogP contribution in [0.1, 0.15) is 6.92 Å². The fourth-order valence-electron chi connectivity index (χ4n) is 2.49. The number of benzene rings is 1. The van der Waals surface area contributed by atoms with E-state index in [-0.39, 0.29) is 15.9 Å². The molecule has 1 amide bonds. The molecular weight excluding hydrogens is 426 g/mol. The van der Waals surface area contributed by atoms with Gasteiger partial charge in [-0.15, -0.1) is 0 Å². The zero-order chi connectivity index (χ0) is 21.7. The van der Waals surface area contributed by atoms with Gasteiger partial charge in [0.1, 0.15) is 0 Å². The molecule has 1 atom stereocenters. The predicted molar refractivity (Wildman–Crippen MR) is 123 cm³/mol. The van der Waals surface area contributed by atoms with Crippen molar-refractivity contribution in [1.29, 1.82) is 0 Å². The van der Waals surface area contributed by atoms with Gasteiger partial charge >= 0.3 is 0 Å². The number of aliphatic imine (C=N–C) groups is 1. The fraction of sp³-hybridized carbons (Fsp3) is 0.111. The minimum absolute atomic E-state index is 0.0168. The molecule has 3 N–H and O–H groups in total. The largest absolute Gasteiger partial charge is 0.612 e. The summed E-state index contributed by atoms with van der Waals surface area (Å²) < 4.78 is 0. The second-order valence-electron chi connectivity index (χ2n) is 6.09. The first-order valence-corrected chi connectivity index (χ1v) is 9.43. The van der Waals surface area contributed by atoms with Crippen molar-refractivity contribution in [3.05, 3.63) is 65.1 Å². The summed E-state index contributed by atoms with van der Waals surface area (Å²) in [6.45, 7) is 1.64. The number of anilines is 1. The van der Waals surface area contributed by atoms with Crippen LogP contribution in [0.4, 0.5) is 5.69 Å². The molecule has 0 radical (unpaired) electrons. The number of carbonyl (C=O) groups excluding carboxylic acids is 1. The van der Waals surface area contributed by atoms with Crippen molar-refractivity contribution >= 4 is 63.4 Å². The summed E-state index contributed by atoms with van der Waals surface area (Å²) in [7, 11) is 0. The monoisotopic (exact) mass is 442 g/mol. The highest BCUT2D eigenvalue weighted by Gasteiger charge is 2.34. The molecule has 2 aliphatic rings. The van der Waals surface area contributed by atoms with Gasteiger partial charge in [-0.25, -0.2) is 4.99 Å². The Morgan fingerprint density at radius 1 is 1.20 bits per heavy atom. The first-order chi connectivity index (χ1) is 14.3. The first-order valence-electron chi connectivity index (χ1n) is 8.61. The van der Waals surface area contributed by atoms with E-state index in [0.29, 0.717) is 11.4 Å². The first kappa shape index (κ1) is 21.1. The number of thiocarbonyl (C=S) groups is 2. The summed E-state index contributed by atoms with van der Waals surface area (Å²) in [4.78, 5) is 16.6. The maximum Gasteiger partial charge on any atom is 0.277 e. The molecule has 1 aliphatic carbocycles. The van der Waals surface area contributed by atoms with E-state index in [0.717, 1.165) is 10.7 Å². The number of amides is 1. The van der Waals surface area contributed by atoms with E-state index in [1.54, 1.807) is 6.92 Å². The third-order valence-corrected chi connectivity index (χ3v) is 4.44. The molecule has 0 fully saturated rings. The van der Waals surface area contributed by atoms with Crippen LogP contribution >= 0.6 is 24.4 Å². The van der Waals surface area contributed by atoms with E-state index in [2.05, 4.69) is 26.3 Å². The topological polar surface area (TPSA) is 130 Å². The molecule has 1 aliphatic heterocycles. The Morgan fingerprint density at radius 2 is 1.87 bits per heavy atom. The summed E-state index contributed by atoms with van der Waals surface area (Å²) in [5, 5.41) is 29.8. The van der Waals surface area contributed by atoms with Gasteiger partial charge < -0.3 is 15.7 Å². The average Bonchev–Trinajstić information content (AvgIpc) is 2.72. The van der Waals surface area contributed by atoms with Gasteiger partial charge in [0.2, 0.25) is 10.8 Å². The molecule has 0 aromatic heterocycles. The van der Waals surface area contributed by atoms with Crippen LogP contribution in [0.3, 0.4) is 0 Å². The van der Waals surface area contributed by atoms with Gasteiger partial charge in [0.05, 0.1) is 11.4 Å². The summed E-state index contributed by atoms with van der Waals surface area (Å²) in [5.41, 5.74) is 6.99. The van der Waals surface area contributed by atoms with Crippen LogP contribution in [0, 0.1) is 10.4 Å². The maximum absolute atomic E-state index is 12.9. The molecule has 1 aromatic rings. The number of hydrogen-bond donors (Lipinski definition) is 3. The SMILES string of the molecule is CC1=NC(=S)N(NC(=S)Nc2ccccc2)C(=O)C1NN=C1C=CC(=[N+]([O-])[O-])C=C1. The molecule has 0 saturated heterocycles. The minimum Gasteiger partial charge on any atom is -0.612 e. The van der Waals surface area contributed by atoms with Crippen molar-refractivity contribution in [3.8, 4) is 0 Å². The Balaban J connectivity index is 1.68. The molecular formula is C18H16N7O3S2-. The Kier molecular flexibility index (Phi) is 6.49. The van der Waals surface area contributed by atoms with E-state index >= 15 is 0 Å². The van der Waals surface area contributed by atoms with Crippen LogP contribution in [0.25, 0.3) is 0 Å². The Morgan fingerprint density at radius 3 is 2.50 bits per heavy atom. The lowest BCUT2D eigenvalue weighted by molar-refractivity contribution is -0.377. The van der Waals surface area contributed by atoms with Crippen molar-refractivity contribution in [2.24, 2.45) is 10.1 Å². The number of hydrazine groups is 1. The van der Waals surface area contributed by atoms with Gasteiger partial charge in [0.15, 0.2) is 11.2 Å². The number of rotatable bonds is 4. The highest BCUT2D eigenvalue weighted by atomic mass is 32.1. The van der Waals surface area contributed by atoms with Crippen LogP contribution in [0.5, 0.6) is 0 Å². The van der Waals surface area contributed by atoms with Gasteiger partial charge in [-0.05, 0) is 55.6 Å². The van der Waals surface area contributed by atoms with Gasteiger partial charge in [-0.2, -0.15) is 15.0 Å². The van der Waals surface area contributed by atoms with E-state index in [4.69, 9.17) is 24.4 Å². The lowest BCUT2D eigenvalue weighted by Gasteiger charge is -2.31. The zero-order valence-corrected chi connectivity index (χ0v) is 17.2. The average molecular weight is 443 g/mol. The van der Waals surface area contributed by atoms with E-state index < -0.39 is 16.9 Å². The van der Waals surface area contributed by atoms with Gasteiger partial charge in [0.25, 0.3) is 5.91 Å². The molecule has 0 saturated carbocycles. The van der Waals surface area contributed by atoms with Crippen LogP contribution < -0.4 is 16.2 Å². The summed E-state index contributed by atoms with van der Waals surface area (Å²) >= 11 is 10.4. The van der Waals surface area contributed by atoms with Crippen molar-refractivity contribution in [2.45, 2.75) is 13.0 Å². The third-order valence-electron chi connectivity index (χ3n) is 3.98. The molecule has 10 nitrogen and oxygen atoms in total. The predicted octanol–water partition coefficient (Wildman–Crippen LogP) is 1.37. The molecule has 0 bridgehead atoms. The second kappa shape index (κ2) is 9.24. The highest BCUT2D eigenvalue weighted by molar-refractivity contribution is 7.80. The van der Waals surface area contributed by atoms with Crippen LogP contribution in [-0.4, -0.2) is 49.2 Å². The molecule has 154 valence electrons. The Hall–Kier alpha value is -3.64. The summed E-state index contributed by atoms with van der Waals surface area (Å²) in [6, 6.07) is 8.30. The number of nitrogens with one attached hydrogen (secondary N) is 3. The summed E-state index contributed by atoms with van der Waals surface area (Å²) in [5.74, 6) is -0.449. The molecule has 12 heteroatoms. The molecule has 0 spiro atoms. The lowest BCUT2D eigenvalue weighted by Crippen LogP contribution is -2.60. The zero-order valence-electron chi connectivity index (χ0n) is 15.6. The van der Waals surface area contributed by atoms with Crippen LogP contribution in [0.15, 0.2) is 64.7 Å². The van der Waals surface area contributed by atoms with E-state index in [1.807, 2.05) is 30.3 Å². The molecule has 1 heterocycles. The Bertz CT molecular complexity index is 1010.